The van der Waals surface area contributed by atoms with Gasteiger partial charge in [-0.25, -0.2) is 0 Å². The lowest BCUT2D eigenvalue weighted by molar-refractivity contribution is 0.584. The summed E-state index contributed by atoms with van der Waals surface area (Å²) >= 11 is 0. The van der Waals surface area contributed by atoms with Gasteiger partial charge < -0.3 is 5.48 Å². The van der Waals surface area contributed by atoms with Gasteiger partial charge in [-0.3, -0.25) is 11.3 Å². The van der Waals surface area contributed by atoms with E-state index in [9.17, 15) is 0 Å². The second kappa shape index (κ2) is 39.8. The third-order valence-electron chi connectivity index (χ3n) is 2.53. The van der Waals surface area contributed by atoms with Crippen LogP contribution in [-0.4, -0.2) is 5.48 Å². The van der Waals surface area contributed by atoms with E-state index >= 15 is 0 Å². The molecule has 168 valence electrons. The largest absolute Gasteiger partial charge is 0.412 e. The monoisotopic (exact) mass is 388 g/mol. The van der Waals surface area contributed by atoms with Crippen molar-refractivity contribution in [2.24, 2.45) is 5.84 Å². The van der Waals surface area contributed by atoms with E-state index in [1.807, 2.05) is 76.2 Å². The van der Waals surface area contributed by atoms with Crippen molar-refractivity contribution in [3.8, 4) is 0 Å². The summed E-state index contributed by atoms with van der Waals surface area (Å²) in [5.74, 6) is 5.38. The van der Waals surface area contributed by atoms with E-state index in [1.54, 1.807) is 0 Å². The molecule has 0 bridgehead atoms. The molecule has 1 unspecified atom stereocenters. The zero-order valence-corrected chi connectivity index (χ0v) is 21.4. The van der Waals surface area contributed by atoms with Gasteiger partial charge in [-0.1, -0.05) is 114 Å². The molecule has 1 atom stereocenters. The molecule has 1 rings (SSSR count). The Morgan fingerprint density at radius 2 is 1.00 bits per heavy atom. The molecule has 0 aliphatic carbocycles. The first-order valence-corrected chi connectivity index (χ1v) is 10.5. The van der Waals surface area contributed by atoms with Gasteiger partial charge in [0, 0.05) is 6.04 Å². The van der Waals surface area contributed by atoms with Gasteiger partial charge in [0.2, 0.25) is 0 Å². The third kappa shape index (κ3) is 29.8. The molecule has 1 aromatic carbocycles. The molecule has 0 aliphatic rings. The van der Waals surface area contributed by atoms with Gasteiger partial charge in [-0.2, -0.15) is 0 Å². The number of benzene rings is 1. The van der Waals surface area contributed by atoms with Crippen LogP contribution >= 0.6 is 0 Å². The van der Waals surface area contributed by atoms with Crippen LogP contribution in [0.15, 0.2) is 37.4 Å². The van der Waals surface area contributed by atoms with Crippen LogP contribution in [0.25, 0.3) is 0 Å². The molecule has 0 heterocycles. The number of hydrogen-bond acceptors (Lipinski definition) is 2. The third-order valence-corrected chi connectivity index (χ3v) is 2.53. The van der Waals surface area contributed by atoms with Gasteiger partial charge in [0.05, 0.1) is 0 Å². The van der Waals surface area contributed by atoms with Crippen LogP contribution in [-0.2, 0) is 5.41 Å². The summed E-state index contributed by atoms with van der Waals surface area (Å²) in [5.41, 5.74) is 5.53. The zero-order chi connectivity index (χ0) is 22.8. The highest BCUT2D eigenvalue weighted by molar-refractivity contribution is 5.28. The van der Waals surface area contributed by atoms with E-state index in [0.717, 1.165) is 0 Å². The smallest absolute Gasteiger partial charge is 0.0431 e. The van der Waals surface area contributed by atoms with Crippen LogP contribution in [0.1, 0.15) is 114 Å². The molecule has 0 amide bonds. The van der Waals surface area contributed by atoms with E-state index in [1.165, 1.54) is 11.1 Å². The SMILES string of the molecule is C=C.CC.CC.CC.CC.CC.CC(NN)c1ccc(C(C)(C)C)cc1.O. The predicted octanol–water partition coefficient (Wildman–Crippen LogP) is 7.62. The van der Waals surface area contributed by atoms with Gasteiger partial charge in [0.25, 0.3) is 0 Å². The molecular formula is C24H56N2O. The molecule has 0 fully saturated rings. The van der Waals surface area contributed by atoms with Gasteiger partial charge in [0.1, 0.15) is 0 Å². The maximum Gasteiger partial charge on any atom is 0.0431 e. The van der Waals surface area contributed by atoms with Crippen molar-refractivity contribution in [2.75, 3.05) is 0 Å². The molecular weight excluding hydrogens is 332 g/mol. The molecule has 3 heteroatoms. The van der Waals surface area contributed by atoms with Crippen molar-refractivity contribution in [2.45, 2.75) is 108 Å². The second-order valence-electron chi connectivity index (χ2n) is 4.76. The number of nitrogens with one attached hydrogen (secondary N) is 1. The van der Waals surface area contributed by atoms with Gasteiger partial charge in [0.15, 0.2) is 0 Å². The maximum atomic E-state index is 5.38. The first kappa shape index (κ1) is 44.9. The Morgan fingerprint density at radius 3 is 1.19 bits per heavy atom. The summed E-state index contributed by atoms with van der Waals surface area (Å²) in [6.07, 6.45) is 0. The van der Waals surface area contributed by atoms with Crippen LogP contribution in [0.5, 0.6) is 0 Å². The van der Waals surface area contributed by atoms with Crippen molar-refractivity contribution >= 4 is 0 Å². The first-order chi connectivity index (χ1) is 12.4. The Bertz CT molecular complexity index is 303. The molecule has 27 heavy (non-hydrogen) atoms. The van der Waals surface area contributed by atoms with Crippen molar-refractivity contribution < 1.29 is 5.48 Å². The van der Waals surface area contributed by atoms with E-state index in [2.05, 4.69) is 63.6 Å². The fraction of sp³-hybridized carbons (Fsp3) is 0.667. The minimum Gasteiger partial charge on any atom is -0.412 e. The zero-order valence-electron chi connectivity index (χ0n) is 21.4. The number of rotatable bonds is 2. The van der Waals surface area contributed by atoms with E-state index in [0.29, 0.717) is 0 Å². The van der Waals surface area contributed by atoms with Crippen molar-refractivity contribution in [1.82, 2.24) is 5.43 Å². The van der Waals surface area contributed by atoms with Crippen molar-refractivity contribution in [3.05, 3.63) is 48.6 Å². The average Bonchev–Trinajstić information content (AvgIpc) is 2.75. The highest BCUT2D eigenvalue weighted by Gasteiger charge is 2.13. The Morgan fingerprint density at radius 1 is 0.741 bits per heavy atom. The lowest BCUT2D eigenvalue weighted by Crippen LogP contribution is -2.25. The quantitative estimate of drug-likeness (QED) is 0.311. The highest BCUT2D eigenvalue weighted by Crippen LogP contribution is 2.23. The maximum absolute atomic E-state index is 5.38. The van der Waals surface area contributed by atoms with E-state index in [-0.39, 0.29) is 16.9 Å². The fourth-order valence-electron chi connectivity index (χ4n) is 1.37. The van der Waals surface area contributed by atoms with Crippen LogP contribution in [0.3, 0.4) is 0 Å². The minimum absolute atomic E-state index is 0. The number of hydrogen-bond donors (Lipinski definition) is 2. The molecule has 1 aromatic rings. The Kier molecular flexibility index (Phi) is 66.2. The summed E-state index contributed by atoms with van der Waals surface area (Å²) in [6, 6.07) is 8.81. The summed E-state index contributed by atoms with van der Waals surface area (Å²) in [6.45, 7) is 34.7. The van der Waals surface area contributed by atoms with Crippen LogP contribution < -0.4 is 11.3 Å². The Hall–Kier alpha value is -1.16. The van der Waals surface area contributed by atoms with Crippen LogP contribution in [0.4, 0.5) is 0 Å². The van der Waals surface area contributed by atoms with E-state index in [4.69, 9.17) is 5.84 Å². The first-order valence-electron chi connectivity index (χ1n) is 10.5. The molecule has 0 aromatic heterocycles. The summed E-state index contributed by atoms with van der Waals surface area (Å²) < 4.78 is 0. The van der Waals surface area contributed by atoms with E-state index < -0.39 is 0 Å². The van der Waals surface area contributed by atoms with Gasteiger partial charge in [-0.15, -0.1) is 13.2 Å². The molecule has 0 aliphatic heterocycles. The molecule has 0 saturated carbocycles. The predicted molar refractivity (Wildman–Crippen MR) is 132 cm³/mol. The Labute approximate surface area is 174 Å². The molecule has 0 saturated heterocycles. The highest BCUT2D eigenvalue weighted by atomic mass is 16.0. The van der Waals surface area contributed by atoms with Crippen molar-refractivity contribution in [3.63, 3.8) is 0 Å². The summed E-state index contributed by atoms with van der Waals surface area (Å²) in [4.78, 5) is 0. The van der Waals surface area contributed by atoms with Gasteiger partial charge >= 0.3 is 0 Å². The molecule has 0 spiro atoms. The summed E-state index contributed by atoms with van der Waals surface area (Å²) in [5, 5.41) is 0. The number of nitrogens with two attached hydrogens (primary N) is 1. The lowest BCUT2D eigenvalue weighted by atomic mass is 9.86. The summed E-state index contributed by atoms with van der Waals surface area (Å²) in [7, 11) is 0. The van der Waals surface area contributed by atoms with Crippen molar-refractivity contribution in [1.29, 1.82) is 0 Å². The van der Waals surface area contributed by atoms with Gasteiger partial charge in [-0.05, 0) is 23.5 Å². The fourth-order valence-corrected chi connectivity index (χ4v) is 1.37. The second-order valence-corrected chi connectivity index (χ2v) is 4.76. The lowest BCUT2D eigenvalue weighted by Gasteiger charge is -2.20. The van der Waals surface area contributed by atoms with Crippen LogP contribution in [0.2, 0.25) is 0 Å². The normalized spacial score (nSPS) is 8.56. The molecule has 3 nitrogen and oxygen atoms in total. The standard InChI is InChI=1S/C12H20N2.5C2H6.C2H4.H2O/c1-9(14-13)10-5-7-11(8-6-10)12(2,3)4;6*1-2;/h5-9,14H,13H2,1-4H3;5*1-2H3;1-2H2;1H2. The average molecular weight is 389 g/mol. The molecule has 0 radical (unpaired) electrons. The topological polar surface area (TPSA) is 69.5 Å². The molecule has 5 N–H and O–H groups in total. The number of hydrazine groups is 1. The Balaban J connectivity index is -0.0000000527. The minimum atomic E-state index is 0. The van der Waals surface area contributed by atoms with Crippen LogP contribution in [0, 0.1) is 0 Å².